The third-order valence-electron chi connectivity index (χ3n) is 3.38. The van der Waals surface area contributed by atoms with Gasteiger partial charge < -0.3 is 9.84 Å². The zero-order valence-electron chi connectivity index (χ0n) is 13.0. The molecule has 0 unspecified atom stereocenters. The van der Waals surface area contributed by atoms with Gasteiger partial charge in [0.2, 0.25) is 0 Å². The highest BCUT2D eigenvalue weighted by atomic mass is 19.4. The molecule has 0 bridgehead atoms. The average Bonchev–Trinajstić information content (AvgIpc) is 2.48. The molecule has 24 heavy (non-hydrogen) atoms. The minimum absolute atomic E-state index is 0.0542. The number of aliphatic hydroxyl groups is 1. The Morgan fingerprint density at radius 3 is 1.62 bits per heavy atom. The lowest BCUT2D eigenvalue weighted by Crippen LogP contribution is -2.11. The summed E-state index contributed by atoms with van der Waals surface area (Å²) in [6.45, 7) is 0.193. The van der Waals surface area contributed by atoms with Crippen molar-refractivity contribution in [1.29, 1.82) is 0 Å². The summed E-state index contributed by atoms with van der Waals surface area (Å²) in [5, 5.41) is 8.61. The van der Waals surface area contributed by atoms with Crippen molar-refractivity contribution in [2.45, 2.75) is 50.9 Å². The van der Waals surface area contributed by atoms with Gasteiger partial charge in [-0.1, -0.05) is 25.7 Å². The molecule has 0 fully saturated rings. The van der Waals surface area contributed by atoms with Crippen LogP contribution in [0.15, 0.2) is 18.2 Å². The van der Waals surface area contributed by atoms with E-state index in [1.54, 1.807) is 0 Å². The second kappa shape index (κ2) is 9.15. The van der Waals surface area contributed by atoms with Crippen LogP contribution < -0.4 is 4.74 Å². The van der Waals surface area contributed by atoms with Crippen molar-refractivity contribution in [3.8, 4) is 5.75 Å². The van der Waals surface area contributed by atoms with Crippen molar-refractivity contribution >= 4 is 0 Å². The smallest absolute Gasteiger partial charge is 0.416 e. The Hall–Kier alpha value is -1.44. The van der Waals surface area contributed by atoms with Crippen LogP contribution >= 0.6 is 0 Å². The van der Waals surface area contributed by atoms with E-state index < -0.39 is 29.2 Å². The molecule has 0 heterocycles. The minimum atomic E-state index is -4.87. The molecule has 0 amide bonds. The lowest BCUT2D eigenvalue weighted by Gasteiger charge is -2.14. The van der Waals surface area contributed by atoms with Crippen molar-refractivity contribution in [3.63, 3.8) is 0 Å². The van der Waals surface area contributed by atoms with Crippen LogP contribution in [0.4, 0.5) is 26.3 Å². The average molecular weight is 358 g/mol. The SMILES string of the molecule is OCCCCCCCCOc1cc(C(F)(F)F)cc(C(F)(F)F)c1. The van der Waals surface area contributed by atoms with Crippen LogP contribution in [0.1, 0.15) is 49.7 Å². The van der Waals surface area contributed by atoms with E-state index in [0.29, 0.717) is 18.6 Å². The predicted octanol–water partition coefficient (Wildman–Crippen LogP) is 5.44. The van der Waals surface area contributed by atoms with E-state index in [4.69, 9.17) is 9.84 Å². The molecule has 0 aliphatic heterocycles. The third-order valence-corrected chi connectivity index (χ3v) is 3.38. The number of rotatable bonds is 9. The first-order valence-corrected chi connectivity index (χ1v) is 7.67. The fourth-order valence-corrected chi connectivity index (χ4v) is 2.12. The normalized spacial score (nSPS) is 12.5. The second-order valence-corrected chi connectivity index (χ2v) is 5.43. The molecule has 1 aromatic carbocycles. The lowest BCUT2D eigenvalue weighted by atomic mass is 10.1. The Morgan fingerprint density at radius 1 is 0.708 bits per heavy atom. The molecule has 8 heteroatoms. The Bertz CT molecular complexity index is 464. The van der Waals surface area contributed by atoms with Crippen molar-refractivity contribution in [1.82, 2.24) is 0 Å². The summed E-state index contributed by atoms with van der Waals surface area (Å²) >= 11 is 0. The van der Waals surface area contributed by atoms with Crippen LogP contribution in [0.25, 0.3) is 0 Å². The Labute approximate surface area is 136 Å². The molecular formula is C16H20F6O2. The van der Waals surface area contributed by atoms with Crippen LogP contribution in [-0.2, 0) is 12.4 Å². The van der Waals surface area contributed by atoms with E-state index in [2.05, 4.69) is 0 Å². The molecule has 1 aromatic rings. The summed E-state index contributed by atoms with van der Waals surface area (Å²) in [4.78, 5) is 0. The van der Waals surface area contributed by atoms with Gasteiger partial charge in [0, 0.05) is 6.61 Å². The van der Waals surface area contributed by atoms with Crippen LogP contribution in [0.5, 0.6) is 5.75 Å². The largest absolute Gasteiger partial charge is 0.494 e. The molecule has 138 valence electrons. The maximum atomic E-state index is 12.7. The van der Waals surface area contributed by atoms with Gasteiger partial charge in [-0.3, -0.25) is 0 Å². The number of halogens is 6. The van der Waals surface area contributed by atoms with Gasteiger partial charge in [-0.25, -0.2) is 0 Å². The van der Waals surface area contributed by atoms with E-state index in [-0.39, 0.29) is 19.3 Å². The Kier molecular flexibility index (Phi) is 7.86. The number of ether oxygens (including phenoxy) is 1. The van der Waals surface area contributed by atoms with Crippen molar-refractivity contribution < 1.29 is 36.2 Å². The molecule has 1 N–H and O–H groups in total. The molecule has 0 radical (unpaired) electrons. The third kappa shape index (κ3) is 7.42. The zero-order valence-corrected chi connectivity index (χ0v) is 13.0. The first kappa shape index (κ1) is 20.6. The van der Waals surface area contributed by atoms with E-state index in [1.807, 2.05) is 0 Å². The number of unbranched alkanes of at least 4 members (excludes halogenated alkanes) is 5. The number of aliphatic hydroxyl groups excluding tert-OH is 1. The molecule has 2 nitrogen and oxygen atoms in total. The van der Waals surface area contributed by atoms with Gasteiger partial charge in [0.1, 0.15) is 5.75 Å². The number of benzene rings is 1. The van der Waals surface area contributed by atoms with E-state index in [1.165, 1.54) is 0 Å². The first-order valence-electron chi connectivity index (χ1n) is 7.67. The Morgan fingerprint density at radius 2 is 1.17 bits per heavy atom. The van der Waals surface area contributed by atoms with Gasteiger partial charge in [0.05, 0.1) is 17.7 Å². The number of hydrogen-bond acceptors (Lipinski definition) is 2. The van der Waals surface area contributed by atoms with Crippen molar-refractivity contribution in [2.24, 2.45) is 0 Å². The van der Waals surface area contributed by atoms with Crippen LogP contribution in [-0.4, -0.2) is 18.3 Å². The standard InChI is InChI=1S/C16H20F6O2/c17-15(18,19)12-9-13(16(20,21)22)11-14(10-12)24-8-6-4-2-1-3-5-7-23/h9-11,23H,1-8H2. The molecule has 0 spiro atoms. The topological polar surface area (TPSA) is 29.5 Å². The van der Waals surface area contributed by atoms with Crippen molar-refractivity contribution in [2.75, 3.05) is 13.2 Å². The summed E-state index contributed by atoms with van der Waals surface area (Å²) in [7, 11) is 0. The summed E-state index contributed by atoms with van der Waals surface area (Å²) in [5.41, 5.74) is -2.76. The Balaban J connectivity index is 2.58. The fourth-order valence-electron chi connectivity index (χ4n) is 2.12. The van der Waals surface area contributed by atoms with Gasteiger partial charge in [0.25, 0.3) is 0 Å². The van der Waals surface area contributed by atoms with Gasteiger partial charge in [-0.15, -0.1) is 0 Å². The summed E-state index contributed by atoms with van der Waals surface area (Å²) in [6, 6.07) is 1.24. The maximum Gasteiger partial charge on any atom is 0.416 e. The summed E-state index contributed by atoms with van der Waals surface area (Å²) in [5.74, 6) is -0.433. The van der Waals surface area contributed by atoms with Crippen molar-refractivity contribution in [3.05, 3.63) is 29.3 Å². The second-order valence-electron chi connectivity index (χ2n) is 5.43. The highest BCUT2D eigenvalue weighted by molar-refractivity contribution is 5.37. The highest BCUT2D eigenvalue weighted by Gasteiger charge is 2.37. The van der Waals surface area contributed by atoms with Crippen LogP contribution in [0, 0.1) is 0 Å². The molecule has 1 rings (SSSR count). The van der Waals surface area contributed by atoms with Gasteiger partial charge in [-0.05, 0) is 31.0 Å². The number of hydrogen-bond donors (Lipinski definition) is 1. The molecule has 0 saturated heterocycles. The molecular weight excluding hydrogens is 338 g/mol. The number of alkyl halides is 6. The molecule has 0 aliphatic rings. The minimum Gasteiger partial charge on any atom is -0.494 e. The van der Waals surface area contributed by atoms with Gasteiger partial charge in [-0.2, -0.15) is 26.3 Å². The fraction of sp³-hybridized carbons (Fsp3) is 0.625. The summed E-state index contributed by atoms with van der Waals surface area (Å²) < 4.78 is 81.2. The van der Waals surface area contributed by atoms with Crippen LogP contribution in [0.2, 0.25) is 0 Å². The predicted molar refractivity (Wildman–Crippen MR) is 76.7 cm³/mol. The first-order chi connectivity index (χ1) is 11.1. The monoisotopic (exact) mass is 358 g/mol. The molecule has 0 aromatic heterocycles. The van der Waals surface area contributed by atoms with Gasteiger partial charge >= 0.3 is 12.4 Å². The van der Waals surface area contributed by atoms with E-state index in [0.717, 1.165) is 32.1 Å². The van der Waals surface area contributed by atoms with E-state index in [9.17, 15) is 26.3 Å². The highest BCUT2D eigenvalue weighted by Crippen LogP contribution is 2.38. The maximum absolute atomic E-state index is 12.7. The summed E-state index contributed by atoms with van der Waals surface area (Å²) in [6.07, 6.45) is -5.03. The van der Waals surface area contributed by atoms with E-state index >= 15 is 0 Å². The molecule has 0 saturated carbocycles. The molecule has 0 atom stereocenters. The quantitative estimate of drug-likeness (QED) is 0.471. The lowest BCUT2D eigenvalue weighted by molar-refractivity contribution is -0.143. The van der Waals surface area contributed by atoms with Crippen LogP contribution in [0.3, 0.4) is 0 Å². The van der Waals surface area contributed by atoms with Gasteiger partial charge in [0.15, 0.2) is 0 Å². The molecule has 0 aliphatic carbocycles. The zero-order chi connectivity index (χ0) is 18.2.